The number of alkyl halides is 2. The van der Waals surface area contributed by atoms with E-state index in [9.17, 15) is 18.0 Å². The molecule has 1 amide bonds. The maximum atomic E-state index is 14.9. The van der Waals surface area contributed by atoms with E-state index in [1.807, 2.05) is 19.1 Å². The Kier molecular flexibility index (Phi) is 6.21. The monoisotopic (exact) mass is 421 g/mol. The predicted octanol–water partition coefficient (Wildman–Crippen LogP) is 3.58. The van der Waals surface area contributed by atoms with Crippen LogP contribution in [0.1, 0.15) is 35.2 Å². The van der Waals surface area contributed by atoms with Crippen LogP contribution in [0, 0.1) is 12.7 Å². The highest BCUT2D eigenvalue weighted by molar-refractivity contribution is 5.98. The number of anilines is 3. The number of aryl methyl sites for hydroxylation is 1. The fraction of sp³-hybridized carbons (Fsp3) is 0.429. The summed E-state index contributed by atoms with van der Waals surface area (Å²) in [6.07, 6.45) is 0.548. The predicted molar refractivity (Wildman–Crippen MR) is 111 cm³/mol. The van der Waals surface area contributed by atoms with Crippen LogP contribution in [-0.4, -0.2) is 43.0 Å². The summed E-state index contributed by atoms with van der Waals surface area (Å²) in [5.41, 5.74) is 6.95. The number of benzene rings is 1. The van der Waals surface area contributed by atoms with Gasteiger partial charge in [0.1, 0.15) is 5.82 Å². The second-order valence-corrected chi connectivity index (χ2v) is 7.64. The number of halogens is 3. The zero-order valence-corrected chi connectivity index (χ0v) is 17.2. The lowest BCUT2D eigenvalue weighted by Gasteiger charge is -2.42. The molecule has 0 radical (unpaired) electrons. The number of carbonyl (C=O) groups is 1. The van der Waals surface area contributed by atoms with Gasteiger partial charge < -0.3 is 21.3 Å². The molecule has 2 atom stereocenters. The van der Waals surface area contributed by atoms with Gasteiger partial charge >= 0.3 is 0 Å². The zero-order chi connectivity index (χ0) is 22.1. The van der Waals surface area contributed by atoms with Crippen molar-refractivity contribution in [3.05, 3.63) is 47.3 Å². The van der Waals surface area contributed by atoms with Gasteiger partial charge in [0.2, 0.25) is 0 Å². The molecule has 1 aliphatic rings. The molecule has 1 fully saturated rings. The first-order valence-electron chi connectivity index (χ1n) is 9.76. The van der Waals surface area contributed by atoms with Crippen LogP contribution in [0.25, 0.3) is 0 Å². The Balaban J connectivity index is 1.99. The van der Waals surface area contributed by atoms with Crippen LogP contribution < -0.4 is 21.3 Å². The summed E-state index contributed by atoms with van der Waals surface area (Å²) >= 11 is 0. The Hall–Kier alpha value is -2.81. The molecule has 162 valence electrons. The van der Waals surface area contributed by atoms with Crippen molar-refractivity contribution < 1.29 is 18.0 Å². The van der Waals surface area contributed by atoms with Gasteiger partial charge in [-0.3, -0.25) is 4.79 Å². The number of hydrogen-bond donors (Lipinski definition) is 3. The minimum atomic E-state index is -2.92. The summed E-state index contributed by atoms with van der Waals surface area (Å²) in [6, 6.07) is 6.47. The number of primary amides is 1. The Morgan fingerprint density at radius 2 is 1.97 bits per heavy atom. The van der Waals surface area contributed by atoms with Gasteiger partial charge in [0, 0.05) is 19.2 Å². The highest BCUT2D eigenvalue weighted by Gasteiger charge is 2.48. The highest BCUT2D eigenvalue weighted by Crippen LogP contribution is 2.37. The van der Waals surface area contributed by atoms with Gasteiger partial charge in [-0.05, 0) is 45.0 Å². The molecule has 4 N–H and O–H groups in total. The lowest BCUT2D eigenvalue weighted by molar-refractivity contribution is -0.0685. The van der Waals surface area contributed by atoms with E-state index < -0.39 is 29.7 Å². The summed E-state index contributed by atoms with van der Waals surface area (Å²) in [5, 5.41) is 5.65. The second kappa shape index (κ2) is 8.51. The number of pyridine rings is 1. The van der Waals surface area contributed by atoms with Crippen molar-refractivity contribution in [1.29, 1.82) is 0 Å². The van der Waals surface area contributed by atoms with Crippen LogP contribution in [0.2, 0.25) is 0 Å². The third kappa shape index (κ3) is 4.35. The molecule has 2 aromatic rings. The van der Waals surface area contributed by atoms with E-state index in [4.69, 9.17) is 5.73 Å². The van der Waals surface area contributed by atoms with Crippen molar-refractivity contribution >= 4 is 23.2 Å². The van der Waals surface area contributed by atoms with Gasteiger partial charge in [-0.1, -0.05) is 17.7 Å². The Bertz CT molecular complexity index is 920. The summed E-state index contributed by atoms with van der Waals surface area (Å²) < 4.78 is 43.6. The molecular formula is C21H26F3N5O. The molecule has 1 saturated carbocycles. The second-order valence-electron chi connectivity index (χ2n) is 7.64. The number of rotatable bonds is 6. The molecule has 0 aliphatic heterocycles. The molecule has 3 rings (SSSR count). The first kappa shape index (κ1) is 21.9. The first-order chi connectivity index (χ1) is 14.1. The number of aromatic nitrogens is 1. The van der Waals surface area contributed by atoms with Crippen LogP contribution in [0.5, 0.6) is 0 Å². The molecule has 0 spiro atoms. The summed E-state index contributed by atoms with van der Waals surface area (Å²) in [6.45, 7) is 1.93. The summed E-state index contributed by atoms with van der Waals surface area (Å²) in [4.78, 5) is 17.5. The van der Waals surface area contributed by atoms with E-state index in [2.05, 4.69) is 15.6 Å². The molecule has 1 aliphatic carbocycles. The topological polar surface area (TPSA) is 83.3 Å². The number of nitrogens with one attached hydrogen (secondary N) is 2. The Labute approximate surface area is 173 Å². The number of hydrogen-bond acceptors (Lipinski definition) is 5. The average Bonchev–Trinajstić information content (AvgIpc) is 2.69. The van der Waals surface area contributed by atoms with Crippen molar-refractivity contribution in [3.8, 4) is 0 Å². The summed E-state index contributed by atoms with van der Waals surface area (Å²) in [5.74, 6) is -4.62. The van der Waals surface area contributed by atoms with Crippen molar-refractivity contribution in [3.63, 3.8) is 0 Å². The van der Waals surface area contributed by atoms with Crippen LogP contribution in [-0.2, 0) is 0 Å². The van der Waals surface area contributed by atoms with Crippen molar-refractivity contribution in [2.24, 2.45) is 5.73 Å². The molecule has 1 aromatic carbocycles. The molecule has 0 bridgehead atoms. The standard InChI is InChI=1S/C21H26F3N5O/c1-12-6-8-13(9-7-12)27-19-14(18(25)30)11-15(22)20(28-19)29(3)16-5-4-10-21(23,24)17(16)26-2/h6-9,11,16-17,26H,4-5,10H2,1-3H3,(H2,25,30)(H,27,28)/t16-,17-/m1/s1. The number of nitrogens with zero attached hydrogens (tertiary/aromatic N) is 2. The van der Waals surface area contributed by atoms with E-state index >= 15 is 0 Å². The third-order valence-electron chi connectivity index (χ3n) is 5.53. The van der Waals surface area contributed by atoms with Crippen LogP contribution in [0.15, 0.2) is 30.3 Å². The highest BCUT2D eigenvalue weighted by atomic mass is 19.3. The van der Waals surface area contributed by atoms with Gasteiger partial charge in [-0.2, -0.15) is 0 Å². The average molecular weight is 421 g/mol. The maximum Gasteiger partial charge on any atom is 0.265 e. The molecule has 0 unspecified atom stereocenters. The van der Waals surface area contributed by atoms with Gasteiger partial charge in [-0.25, -0.2) is 18.2 Å². The fourth-order valence-corrected chi connectivity index (χ4v) is 3.91. The largest absolute Gasteiger partial charge is 0.365 e. The van der Waals surface area contributed by atoms with Crippen molar-refractivity contribution in [2.45, 2.75) is 44.2 Å². The van der Waals surface area contributed by atoms with Crippen molar-refractivity contribution in [1.82, 2.24) is 10.3 Å². The summed E-state index contributed by atoms with van der Waals surface area (Å²) in [7, 11) is 3.00. The molecule has 6 nitrogen and oxygen atoms in total. The number of carbonyl (C=O) groups excluding carboxylic acids is 1. The Morgan fingerprint density at radius 1 is 1.30 bits per heavy atom. The Morgan fingerprint density at radius 3 is 2.57 bits per heavy atom. The van der Waals surface area contributed by atoms with E-state index in [0.29, 0.717) is 18.5 Å². The number of likely N-dealkylation sites (N-methyl/N-ethyl adjacent to an activating group) is 2. The minimum absolute atomic E-state index is 0.0678. The molecule has 1 aromatic heterocycles. The van der Waals surface area contributed by atoms with Crippen LogP contribution in [0.3, 0.4) is 0 Å². The van der Waals surface area contributed by atoms with E-state index in [1.165, 1.54) is 19.0 Å². The van der Waals surface area contributed by atoms with Crippen LogP contribution in [0.4, 0.5) is 30.5 Å². The number of nitrogens with two attached hydrogens (primary N) is 1. The maximum absolute atomic E-state index is 14.9. The van der Waals surface area contributed by atoms with E-state index in [-0.39, 0.29) is 23.6 Å². The van der Waals surface area contributed by atoms with Gasteiger partial charge in [-0.15, -0.1) is 0 Å². The lowest BCUT2D eigenvalue weighted by Crippen LogP contribution is -2.59. The van der Waals surface area contributed by atoms with Crippen molar-refractivity contribution in [2.75, 3.05) is 24.3 Å². The molecule has 0 saturated heterocycles. The molecule has 30 heavy (non-hydrogen) atoms. The fourth-order valence-electron chi connectivity index (χ4n) is 3.91. The smallest absolute Gasteiger partial charge is 0.265 e. The number of amides is 1. The molecule has 1 heterocycles. The quantitative estimate of drug-likeness (QED) is 0.664. The molecular weight excluding hydrogens is 395 g/mol. The lowest BCUT2D eigenvalue weighted by atomic mass is 9.86. The third-order valence-corrected chi connectivity index (χ3v) is 5.53. The normalized spacial score (nSPS) is 20.6. The van der Waals surface area contributed by atoms with Gasteiger partial charge in [0.05, 0.1) is 17.6 Å². The van der Waals surface area contributed by atoms with Gasteiger partial charge in [0.15, 0.2) is 11.6 Å². The SMILES string of the molecule is CN[C@@H]1[C@H](N(C)c2nc(Nc3ccc(C)cc3)c(C(N)=O)cc2F)CCCC1(F)F. The molecule has 9 heteroatoms. The van der Waals surface area contributed by atoms with Gasteiger partial charge in [0.25, 0.3) is 11.8 Å². The van der Waals surface area contributed by atoms with Crippen LogP contribution >= 0.6 is 0 Å². The van der Waals surface area contributed by atoms with E-state index in [1.54, 1.807) is 12.1 Å². The van der Waals surface area contributed by atoms with E-state index in [0.717, 1.165) is 11.6 Å². The minimum Gasteiger partial charge on any atom is -0.365 e. The zero-order valence-electron chi connectivity index (χ0n) is 17.2. The first-order valence-corrected chi connectivity index (χ1v) is 9.76.